The minimum atomic E-state index is -0.433. The van der Waals surface area contributed by atoms with E-state index in [1.807, 2.05) is 19.1 Å². The summed E-state index contributed by atoms with van der Waals surface area (Å²) in [6.07, 6.45) is 3.32. The van der Waals surface area contributed by atoms with Crippen molar-refractivity contribution in [2.45, 2.75) is 20.0 Å². The van der Waals surface area contributed by atoms with E-state index in [9.17, 15) is 4.79 Å². The Balaban J connectivity index is 2.59. The number of carbonyl (C=O) groups excluding carboxylic acids is 1. The lowest BCUT2D eigenvalue weighted by atomic mass is 10.1. The lowest BCUT2D eigenvalue weighted by Gasteiger charge is -2.10. The molecule has 0 N–H and O–H groups in total. The summed E-state index contributed by atoms with van der Waals surface area (Å²) in [4.78, 5) is 11.9. The van der Waals surface area contributed by atoms with E-state index in [2.05, 4.69) is 0 Å². The number of hydrogen-bond donors (Lipinski definition) is 0. The molecule has 0 aromatic heterocycles. The van der Waals surface area contributed by atoms with E-state index in [1.165, 1.54) is 0 Å². The van der Waals surface area contributed by atoms with Gasteiger partial charge in [0.1, 0.15) is 6.10 Å². The number of benzene rings is 1. The van der Waals surface area contributed by atoms with Crippen LogP contribution in [0.5, 0.6) is 0 Å². The standard InChI is InChI=1S/C13H15ClO2/c1-3-4-9-16-10(2)13(15)11-5-7-12(14)8-6-11/h3-8,10H,9H2,1-2H3. The molecule has 1 rings (SSSR count). The van der Waals surface area contributed by atoms with Gasteiger partial charge in [-0.05, 0) is 38.1 Å². The average molecular weight is 239 g/mol. The normalized spacial score (nSPS) is 12.9. The zero-order chi connectivity index (χ0) is 12.0. The topological polar surface area (TPSA) is 26.3 Å². The third-order valence-electron chi connectivity index (χ3n) is 2.18. The Morgan fingerprint density at radius 2 is 2.06 bits per heavy atom. The van der Waals surface area contributed by atoms with Crippen molar-refractivity contribution < 1.29 is 9.53 Å². The van der Waals surface area contributed by atoms with Crippen LogP contribution < -0.4 is 0 Å². The van der Waals surface area contributed by atoms with Crippen molar-refractivity contribution in [3.8, 4) is 0 Å². The summed E-state index contributed by atoms with van der Waals surface area (Å²) >= 11 is 5.75. The van der Waals surface area contributed by atoms with E-state index in [4.69, 9.17) is 16.3 Å². The third-order valence-corrected chi connectivity index (χ3v) is 2.43. The molecule has 3 heteroatoms. The maximum Gasteiger partial charge on any atom is 0.191 e. The summed E-state index contributed by atoms with van der Waals surface area (Å²) in [6.45, 7) is 4.12. The van der Waals surface area contributed by atoms with Gasteiger partial charge in [0.15, 0.2) is 5.78 Å². The molecule has 0 saturated heterocycles. The number of halogens is 1. The number of ketones is 1. The highest BCUT2D eigenvalue weighted by Crippen LogP contribution is 2.12. The molecule has 0 saturated carbocycles. The van der Waals surface area contributed by atoms with Crippen molar-refractivity contribution in [2.75, 3.05) is 6.61 Å². The molecule has 1 aromatic rings. The number of hydrogen-bond acceptors (Lipinski definition) is 2. The Bertz CT molecular complexity index is 368. The van der Waals surface area contributed by atoms with Crippen LogP contribution in [0.4, 0.5) is 0 Å². The molecule has 0 amide bonds. The van der Waals surface area contributed by atoms with Gasteiger partial charge in [0.2, 0.25) is 0 Å². The van der Waals surface area contributed by atoms with Crippen molar-refractivity contribution in [1.29, 1.82) is 0 Å². The van der Waals surface area contributed by atoms with Crippen LogP contribution in [-0.4, -0.2) is 18.5 Å². The second kappa shape index (κ2) is 6.46. The lowest BCUT2D eigenvalue weighted by molar-refractivity contribution is 0.0566. The zero-order valence-corrected chi connectivity index (χ0v) is 10.2. The summed E-state index contributed by atoms with van der Waals surface area (Å²) in [5.41, 5.74) is 0.623. The Morgan fingerprint density at radius 1 is 1.44 bits per heavy atom. The van der Waals surface area contributed by atoms with E-state index in [0.717, 1.165) is 0 Å². The number of carbonyl (C=O) groups is 1. The second-order valence-electron chi connectivity index (χ2n) is 3.42. The summed E-state index contributed by atoms with van der Waals surface area (Å²) in [5.74, 6) is -0.0267. The van der Waals surface area contributed by atoms with Gasteiger partial charge in [-0.1, -0.05) is 23.8 Å². The monoisotopic (exact) mass is 238 g/mol. The van der Waals surface area contributed by atoms with Gasteiger partial charge in [0, 0.05) is 10.6 Å². The van der Waals surface area contributed by atoms with E-state index >= 15 is 0 Å². The minimum Gasteiger partial charge on any atom is -0.366 e. The highest BCUT2D eigenvalue weighted by molar-refractivity contribution is 6.30. The molecule has 1 atom stereocenters. The second-order valence-corrected chi connectivity index (χ2v) is 3.85. The quantitative estimate of drug-likeness (QED) is 0.580. The van der Waals surface area contributed by atoms with Crippen LogP contribution in [0.2, 0.25) is 5.02 Å². The predicted molar refractivity (Wildman–Crippen MR) is 66.0 cm³/mol. The summed E-state index contributed by atoms with van der Waals surface area (Å²) < 4.78 is 5.36. The molecular formula is C13H15ClO2. The van der Waals surface area contributed by atoms with Gasteiger partial charge < -0.3 is 4.74 Å². The molecule has 0 fully saturated rings. The van der Waals surface area contributed by atoms with Gasteiger partial charge >= 0.3 is 0 Å². The maximum absolute atomic E-state index is 11.9. The van der Waals surface area contributed by atoms with Crippen LogP contribution in [0.15, 0.2) is 36.4 Å². The Morgan fingerprint density at radius 3 is 2.62 bits per heavy atom. The molecule has 0 spiro atoms. The number of Topliss-reactive ketones (excluding diaryl/α,β-unsaturated/α-hetero) is 1. The highest BCUT2D eigenvalue weighted by Gasteiger charge is 2.14. The third kappa shape index (κ3) is 3.80. The van der Waals surface area contributed by atoms with Crippen LogP contribution in [0.25, 0.3) is 0 Å². The van der Waals surface area contributed by atoms with Crippen molar-refractivity contribution in [3.63, 3.8) is 0 Å². The number of allylic oxidation sites excluding steroid dienone is 1. The molecule has 1 aromatic carbocycles. The Kier molecular flexibility index (Phi) is 5.23. The van der Waals surface area contributed by atoms with Gasteiger partial charge in [-0.3, -0.25) is 4.79 Å². The summed E-state index contributed by atoms with van der Waals surface area (Å²) in [5, 5.41) is 0.624. The Hall–Kier alpha value is -1.12. The van der Waals surface area contributed by atoms with Crippen molar-refractivity contribution in [1.82, 2.24) is 0 Å². The first-order valence-electron chi connectivity index (χ1n) is 5.17. The van der Waals surface area contributed by atoms with Gasteiger partial charge in [-0.2, -0.15) is 0 Å². The van der Waals surface area contributed by atoms with Crippen LogP contribution in [-0.2, 0) is 4.74 Å². The van der Waals surface area contributed by atoms with Gasteiger partial charge in [0.05, 0.1) is 6.61 Å². The van der Waals surface area contributed by atoms with Crippen molar-refractivity contribution >= 4 is 17.4 Å². The molecule has 0 radical (unpaired) electrons. The van der Waals surface area contributed by atoms with Gasteiger partial charge in [-0.25, -0.2) is 0 Å². The van der Waals surface area contributed by atoms with Crippen molar-refractivity contribution in [2.24, 2.45) is 0 Å². The first kappa shape index (κ1) is 12.9. The van der Waals surface area contributed by atoms with Crippen LogP contribution in [0.1, 0.15) is 24.2 Å². The molecule has 0 aliphatic carbocycles. The molecule has 0 aliphatic heterocycles. The van der Waals surface area contributed by atoms with Gasteiger partial charge in [-0.15, -0.1) is 0 Å². The fraction of sp³-hybridized carbons (Fsp3) is 0.308. The van der Waals surface area contributed by atoms with Crippen LogP contribution in [0.3, 0.4) is 0 Å². The fourth-order valence-electron chi connectivity index (χ4n) is 1.22. The maximum atomic E-state index is 11.9. The molecular weight excluding hydrogens is 224 g/mol. The largest absolute Gasteiger partial charge is 0.366 e. The highest BCUT2D eigenvalue weighted by atomic mass is 35.5. The number of ether oxygens (including phenoxy) is 1. The zero-order valence-electron chi connectivity index (χ0n) is 9.44. The summed E-state index contributed by atoms with van der Waals surface area (Å²) in [6, 6.07) is 6.82. The van der Waals surface area contributed by atoms with Crippen LogP contribution >= 0.6 is 11.6 Å². The molecule has 2 nitrogen and oxygen atoms in total. The molecule has 0 aliphatic rings. The molecule has 0 bridgehead atoms. The first-order valence-corrected chi connectivity index (χ1v) is 5.55. The van der Waals surface area contributed by atoms with E-state index in [-0.39, 0.29) is 5.78 Å². The molecule has 1 unspecified atom stereocenters. The fourth-order valence-corrected chi connectivity index (χ4v) is 1.35. The van der Waals surface area contributed by atoms with Crippen molar-refractivity contribution in [3.05, 3.63) is 47.0 Å². The van der Waals surface area contributed by atoms with E-state index < -0.39 is 6.10 Å². The first-order chi connectivity index (χ1) is 7.65. The SMILES string of the molecule is CC=CCOC(C)C(=O)c1ccc(Cl)cc1. The van der Waals surface area contributed by atoms with Gasteiger partial charge in [0.25, 0.3) is 0 Å². The van der Waals surface area contributed by atoms with Crippen LogP contribution in [0, 0.1) is 0 Å². The predicted octanol–water partition coefficient (Wildman–Crippen LogP) is 3.50. The van der Waals surface area contributed by atoms with E-state index in [1.54, 1.807) is 31.2 Å². The molecule has 0 heterocycles. The Labute approximate surface area is 101 Å². The molecule has 16 heavy (non-hydrogen) atoms. The lowest BCUT2D eigenvalue weighted by Crippen LogP contribution is -2.20. The minimum absolute atomic E-state index is 0.0267. The van der Waals surface area contributed by atoms with E-state index in [0.29, 0.717) is 17.2 Å². The number of rotatable bonds is 5. The average Bonchev–Trinajstić information content (AvgIpc) is 2.29. The summed E-state index contributed by atoms with van der Waals surface area (Å²) in [7, 11) is 0. The molecule has 86 valence electrons. The smallest absolute Gasteiger partial charge is 0.191 e.